The van der Waals surface area contributed by atoms with Crippen molar-refractivity contribution in [2.75, 3.05) is 41.3 Å². The van der Waals surface area contributed by atoms with Crippen LogP contribution in [0.5, 0.6) is 0 Å². The van der Waals surface area contributed by atoms with Gasteiger partial charge in [-0.25, -0.2) is 9.48 Å². The van der Waals surface area contributed by atoms with Crippen LogP contribution in [0.25, 0.3) is 0 Å². The highest BCUT2D eigenvalue weighted by molar-refractivity contribution is 6.50. The van der Waals surface area contributed by atoms with E-state index in [4.69, 9.17) is 4.84 Å². The number of hydrogen-bond donors (Lipinski definition) is 0. The van der Waals surface area contributed by atoms with Crippen LogP contribution in [-0.4, -0.2) is 69.1 Å². The van der Waals surface area contributed by atoms with Crippen LogP contribution in [-0.2, 0) is 4.84 Å². The van der Waals surface area contributed by atoms with Crippen molar-refractivity contribution in [1.82, 2.24) is 9.96 Å². The van der Waals surface area contributed by atoms with E-state index >= 15 is 0 Å². The number of halogens is 4. The minimum absolute atomic E-state index is 0.816. The predicted molar refractivity (Wildman–Crippen MR) is 81.4 cm³/mol. The van der Waals surface area contributed by atoms with Gasteiger partial charge in [0.2, 0.25) is 0 Å². The molecular formula is C14H24BF4N3O. The van der Waals surface area contributed by atoms with Gasteiger partial charge in [-0.15, -0.1) is 5.06 Å². The molecule has 1 aliphatic heterocycles. The first-order valence-corrected chi connectivity index (χ1v) is 7.76. The van der Waals surface area contributed by atoms with Crippen LogP contribution in [0.1, 0.15) is 6.42 Å². The first-order valence-electron chi connectivity index (χ1n) is 7.76. The van der Waals surface area contributed by atoms with Crippen LogP contribution in [0, 0.1) is 23.7 Å². The normalized spacial score (nSPS) is 31.5. The largest absolute Gasteiger partial charge is 0.673 e. The molecule has 0 aromatic rings. The van der Waals surface area contributed by atoms with E-state index in [-0.39, 0.29) is 0 Å². The Bertz CT molecular complexity index is 465. The fourth-order valence-electron chi connectivity index (χ4n) is 3.87. The summed E-state index contributed by atoms with van der Waals surface area (Å²) < 4.78 is 41.0. The Hall–Kier alpha value is -1.25. The van der Waals surface area contributed by atoms with E-state index < -0.39 is 7.25 Å². The highest BCUT2D eigenvalue weighted by Gasteiger charge is 2.50. The van der Waals surface area contributed by atoms with Gasteiger partial charge in [-0.2, -0.15) is 0 Å². The van der Waals surface area contributed by atoms with Gasteiger partial charge in [-0.05, 0) is 30.1 Å². The van der Waals surface area contributed by atoms with Gasteiger partial charge < -0.3 is 22.1 Å². The maximum atomic E-state index is 9.75. The molecule has 2 fully saturated rings. The Kier molecular flexibility index (Phi) is 5.28. The monoisotopic (exact) mass is 337 g/mol. The van der Waals surface area contributed by atoms with Crippen LogP contribution in [0.4, 0.5) is 17.3 Å². The van der Waals surface area contributed by atoms with Gasteiger partial charge in [0.1, 0.15) is 0 Å². The molecule has 9 heteroatoms. The van der Waals surface area contributed by atoms with Crippen LogP contribution in [0.2, 0.25) is 0 Å². The quantitative estimate of drug-likeness (QED) is 0.183. The number of hydroxylamine groups is 2. The van der Waals surface area contributed by atoms with Crippen LogP contribution >= 0.6 is 0 Å². The summed E-state index contributed by atoms with van der Waals surface area (Å²) in [5.41, 5.74) is 0. The average molecular weight is 337 g/mol. The number of rotatable bonds is 1. The zero-order chi connectivity index (χ0) is 17.4. The van der Waals surface area contributed by atoms with E-state index in [1.807, 2.05) is 37.7 Å². The van der Waals surface area contributed by atoms with Crippen LogP contribution < -0.4 is 0 Å². The van der Waals surface area contributed by atoms with Crippen molar-refractivity contribution in [2.24, 2.45) is 23.7 Å². The number of amidine groups is 1. The third-order valence-corrected chi connectivity index (χ3v) is 4.60. The van der Waals surface area contributed by atoms with E-state index in [2.05, 4.69) is 17.2 Å². The predicted octanol–water partition coefficient (Wildman–Crippen LogP) is 2.16. The Balaban J connectivity index is 0.000000338. The summed E-state index contributed by atoms with van der Waals surface area (Å²) in [5, 5.41) is 2.16. The van der Waals surface area contributed by atoms with Gasteiger partial charge in [0.25, 0.3) is 0 Å². The third kappa shape index (κ3) is 4.62. The molecule has 3 rings (SSSR count). The maximum Gasteiger partial charge on any atom is 0.673 e. The van der Waals surface area contributed by atoms with E-state index in [1.54, 1.807) is 0 Å². The Morgan fingerprint density at radius 1 is 1.09 bits per heavy atom. The molecule has 3 aliphatic rings. The molecule has 0 radical (unpaired) electrons. The summed E-state index contributed by atoms with van der Waals surface area (Å²) in [5.74, 6) is 3.28. The smallest absolute Gasteiger partial charge is 0.418 e. The van der Waals surface area contributed by atoms with Crippen molar-refractivity contribution in [2.45, 2.75) is 6.42 Å². The summed E-state index contributed by atoms with van der Waals surface area (Å²) in [6, 6.07) is 0.912. The van der Waals surface area contributed by atoms with E-state index in [1.165, 1.54) is 6.42 Å². The molecule has 1 heterocycles. The number of nitrogens with zero attached hydrogens (tertiary/aromatic N) is 3. The fraction of sp³-hybridized carbons (Fsp3) is 0.786. The van der Waals surface area contributed by atoms with Crippen LogP contribution in [0.3, 0.4) is 0 Å². The Morgan fingerprint density at radius 3 is 1.87 bits per heavy atom. The minimum atomic E-state index is -6.00. The van der Waals surface area contributed by atoms with Gasteiger partial charge in [0.15, 0.2) is 0 Å². The second kappa shape index (κ2) is 6.71. The lowest BCUT2D eigenvalue weighted by atomic mass is 9.86. The summed E-state index contributed by atoms with van der Waals surface area (Å²) >= 11 is 0. The van der Waals surface area contributed by atoms with Gasteiger partial charge in [0.05, 0.1) is 28.2 Å². The van der Waals surface area contributed by atoms with Crippen molar-refractivity contribution < 1.29 is 26.7 Å². The second-order valence-corrected chi connectivity index (χ2v) is 6.78. The molecule has 0 aromatic carbocycles. The Morgan fingerprint density at radius 2 is 1.52 bits per heavy atom. The maximum absolute atomic E-state index is 9.75. The molecule has 23 heavy (non-hydrogen) atoms. The summed E-state index contributed by atoms with van der Waals surface area (Å²) in [6.45, 7) is 2.17. The number of hydrogen-bond acceptors (Lipinski definition) is 2. The van der Waals surface area contributed by atoms with Gasteiger partial charge in [-0.1, -0.05) is 12.2 Å². The lowest BCUT2D eigenvalue weighted by Gasteiger charge is -2.20. The third-order valence-electron chi connectivity index (χ3n) is 4.60. The van der Waals surface area contributed by atoms with E-state index in [9.17, 15) is 17.3 Å². The first-order chi connectivity index (χ1) is 10.6. The van der Waals surface area contributed by atoms with Crippen LogP contribution in [0.15, 0.2) is 12.2 Å². The zero-order valence-corrected chi connectivity index (χ0v) is 13.9. The summed E-state index contributed by atoms with van der Waals surface area (Å²) in [6.07, 6.45) is 6.25. The lowest BCUT2D eigenvalue weighted by Crippen LogP contribution is -2.38. The standard InChI is InChI=1S/C14H24N3O.BF4/c1-15(2)14(16(3)4)18-17-8-12-10-5-6-11(7-10)13(12)9-17;2-1(3,4)5/h5-6,10-13H,7-9H2,1-4H3;/q+1;-1. The van der Waals surface area contributed by atoms with Crippen molar-refractivity contribution >= 4 is 13.3 Å². The molecule has 4 atom stereocenters. The molecule has 132 valence electrons. The molecule has 0 N–H and O–H groups in total. The van der Waals surface area contributed by atoms with Gasteiger partial charge in [0, 0.05) is 13.1 Å². The second-order valence-electron chi connectivity index (χ2n) is 6.78. The van der Waals surface area contributed by atoms with E-state index in [0.717, 1.165) is 42.8 Å². The first kappa shape index (κ1) is 18.1. The number of fused-ring (bicyclic) bond motifs is 5. The molecule has 0 aromatic heterocycles. The molecule has 1 saturated carbocycles. The summed E-state index contributed by atoms with van der Waals surface area (Å²) in [4.78, 5) is 8.10. The molecule has 1 saturated heterocycles. The van der Waals surface area contributed by atoms with Crippen molar-refractivity contribution in [3.8, 4) is 0 Å². The molecule has 0 amide bonds. The molecular weight excluding hydrogens is 313 g/mol. The molecule has 2 bridgehead atoms. The van der Waals surface area contributed by atoms with Crippen molar-refractivity contribution in [1.29, 1.82) is 0 Å². The van der Waals surface area contributed by atoms with E-state index in [0.29, 0.717) is 0 Å². The van der Waals surface area contributed by atoms with Gasteiger partial charge >= 0.3 is 13.3 Å². The zero-order valence-electron chi connectivity index (χ0n) is 13.9. The van der Waals surface area contributed by atoms with Crippen molar-refractivity contribution in [3.63, 3.8) is 0 Å². The minimum Gasteiger partial charge on any atom is -0.418 e. The topological polar surface area (TPSA) is 18.7 Å². The Labute approximate surface area is 134 Å². The number of allylic oxidation sites excluding steroid dienone is 2. The van der Waals surface area contributed by atoms with Crippen molar-refractivity contribution in [3.05, 3.63) is 12.2 Å². The lowest BCUT2D eigenvalue weighted by molar-refractivity contribution is -0.486. The molecule has 0 spiro atoms. The average Bonchev–Trinajstić information content (AvgIpc) is 3.05. The SMILES string of the molecule is CN(C)C(ON1CC2C3C=CC(C3)C2C1)=[N+](C)C.F[B-](F)(F)F. The molecule has 2 aliphatic carbocycles. The highest BCUT2D eigenvalue weighted by atomic mass is 19.5. The highest BCUT2D eigenvalue weighted by Crippen LogP contribution is 2.51. The van der Waals surface area contributed by atoms with Gasteiger partial charge in [-0.3, -0.25) is 0 Å². The summed E-state index contributed by atoms with van der Waals surface area (Å²) in [7, 11) is 2.10. The molecule has 4 nitrogen and oxygen atoms in total. The fourth-order valence-corrected chi connectivity index (χ4v) is 3.87. The molecule has 4 unspecified atom stereocenters.